The predicted octanol–water partition coefficient (Wildman–Crippen LogP) is 3.27. The van der Waals surface area contributed by atoms with Crippen molar-refractivity contribution in [3.8, 4) is 0 Å². The molecule has 0 aromatic heterocycles. The first-order valence-corrected chi connectivity index (χ1v) is 4.43. The summed E-state index contributed by atoms with van der Waals surface area (Å²) in [4.78, 5) is 0. The fourth-order valence-corrected chi connectivity index (χ4v) is 1.95. The van der Waals surface area contributed by atoms with Gasteiger partial charge in [0.1, 0.15) is 0 Å². The molecule has 0 amide bonds. The number of allylic oxidation sites excluding steroid dienone is 4. The van der Waals surface area contributed by atoms with Crippen LogP contribution in [0.4, 0.5) is 0 Å². The highest BCUT2D eigenvalue weighted by Crippen LogP contribution is 2.29. The van der Waals surface area contributed by atoms with E-state index in [0.717, 1.165) is 10.9 Å². The minimum Gasteiger partial charge on any atom is -0.305 e. The van der Waals surface area contributed by atoms with Crippen LogP contribution in [-0.2, 0) is 0 Å². The lowest BCUT2D eigenvalue weighted by Crippen LogP contribution is -2.11. The van der Waals surface area contributed by atoms with Gasteiger partial charge in [-0.1, -0.05) is 35.9 Å². The minimum absolute atomic E-state index is 0.111. The largest absolute Gasteiger partial charge is 0.305 e. The van der Waals surface area contributed by atoms with Gasteiger partial charge in [-0.3, -0.25) is 0 Å². The Hall–Kier alpha value is -0.370. The van der Waals surface area contributed by atoms with Gasteiger partial charge >= 0.3 is 0 Å². The smallest absolute Gasteiger partial charge is 0.0322 e. The van der Waals surface area contributed by atoms with Gasteiger partial charge in [-0.05, 0) is 24.0 Å². The van der Waals surface area contributed by atoms with E-state index in [1.807, 2.05) is 12.2 Å². The zero-order chi connectivity index (χ0) is 8.48. The molecule has 0 bridgehead atoms. The molecule has 0 radical (unpaired) electrons. The van der Waals surface area contributed by atoms with Crippen LogP contribution >= 0.6 is 15.9 Å². The van der Waals surface area contributed by atoms with Crippen molar-refractivity contribution in [3.63, 3.8) is 0 Å². The summed E-state index contributed by atoms with van der Waals surface area (Å²) in [6, 6.07) is 0. The highest BCUT2D eigenvalue weighted by Gasteiger charge is 2.18. The Balaban J connectivity index is 2.93. The molecule has 0 aliphatic heterocycles. The van der Waals surface area contributed by atoms with Crippen LogP contribution in [0.2, 0.25) is 0 Å². The molecule has 1 rings (SSSR count). The summed E-state index contributed by atoms with van der Waals surface area (Å²) in [6.45, 7) is 4.27. The molecule has 1 aliphatic carbocycles. The van der Waals surface area contributed by atoms with Crippen LogP contribution in [-0.4, -0.2) is 5.71 Å². The van der Waals surface area contributed by atoms with Gasteiger partial charge in [-0.15, -0.1) is 0 Å². The lowest BCUT2D eigenvalue weighted by molar-refractivity contribution is 0.504. The first-order valence-electron chi connectivity index (χ1n) is 3.63. The summed E-state index contributed by atoms with van der Waals surface area (Å²) in [7, 11) is 0. The van der Waals surface area contributed by atoms with Gasteiger partial charge in [0.25, 0.3) is 0 Å². The van der Waals surface area contributed by atoms with E-state index in [1.54, 1.807) is 0 Å². The van der Waals surface area contributed by atoms with E-state index in [0.29, 0.717) is 5.71 Å². The SMILES string of the molecule is CC1(C)C=C(Br)C=CC(=N)C1. The number of rotatable bonds is 0. The molecule has 2 heteroatoms. The van der Waals surface area contributed by atoms with E-state index >= 15 is 0 Å². The molecule has 0 aromatic carbocycles. The van der Waals surface area contributed by atoms with E-state index in [1.165, 1.54) is 0 Å². The third-order valence-corrected chi connectivity index (χ3v) is 2.11. The summed E-state index contributed by atoms with van der Waals surface area (Å²) in [5, 5.41) is 7.53. The van der Waals surface area contributed by atoms with Crippen LogP contribution < -0.4 is 0 Å². The van der Waals surface area contributed by atoms with E-state index in [-0.39, 0.29) is 5.41 Å². The molecule has 0 aromatic rings. The van der Waals surface area contributed by atoms with Gasteiger partial charge in [0.2, 0.25) is 0 Å². The molecule has 0 atom stereocenters. The lowest BCUT2D eigenvalue weighted by Gasteiger charge is -2.17. The van der Waals surface area contributed by atoms with E-state index in [9.17, 15) is 0 Å². The van der Waals surface area contributed by atoms with Gasteiger partial charge in [-0.25, -0.2) is 0 Å². The summed E-state index contributed by atoms with van der Waals surface area (Å²) in [6.07, 6.45) is 6.73. The maximum absolute atomic E-state index is 7.53. The van der Waals surface area contributed by atoms with E-state index in [2.05, 4.69) is 35.9 Å². The Bertz CT molecular complexity index is 236. The quantitative estimate of drug-likeness (QED) is 0.639. The first kappa shape index (κ1) is 8.72. The summed E-state index contributed by atoms with van der Waals surface area (Å²) in [5.74, 6) is 0. The Labute approximate surface area is 75.8 Å². The average molecular weight is 214 g/mol. The lowest BCUT2D eigenvalue weighted by atomic mass is 9.88. The first-order chi connectivity index (χ1) is 4.99. The van der Waals surface area contributed by atoms with Gasteiger partial charge in [-0.2, -0.15) is 0 Å². The molecular formula is C9H12BrN. The fraction of sp³-hybridized carbons (Fsp3) is 0.444. The maximum Gasteiger partial charge on any atom is 0.0322 e. The summed E-state index contributed by atoms with van der Waals surface area (Å²) >= 11 is 3.42. The van der Waals surface area contributed by atoms with Crippen molar-refractivity contribution in [1.82, 2.24) is 0 Å². The number of nitrogens with one attached hydrogen (secondary N) is 1. The molecule has 0 saturated heterocycles. The van der Waals surface area contributed by atoms with E-state index < -0.39 is 0 Å². The van der Waals surface area contributed by atoms with Crippen molar-refractivity contribution in [1.29, 1.82) is 5.41 Å². The second-order valence-corrected chi connectivity index (χ2v) is 4.47. The third-order valence-electron chi connectivity index (χ3n) is 1.62. The Kier molecular flexibility index (Phi) is 2.33. The van der Waals surface area contributed by atoms with Crippen LogP contribution in [0, 0.1) is 10.8 Å². The summed E-state index contributed by atoms with van der Waals surface area (Å²) < 4.78 is 1.07. The van der Waals surface area contributed by atoms with Gasteiger partial charge in [0.05, 0.1) is 0 Å². The predicted molar refractivity (Wildman–Crippen MR) is 52.3 cm³/mol. The highest BCUT2D eigenvalue weighted by molar-refractivity contribution is 9.11. The van der Waals surface area contributed by atoms with Crippen LogP contribution in [0.15, 0.2) is 22.7 Å². The van der Waals surface area contributed by atoms with Crippen LogP contribution in [0.3, 0.4) is 0 Å². The van der Waals surface area contributed by atoms with Crippen molar-refractivity contribution in [3.05, 3.63) is 22.7 Å². The maximum atomic E-state index is 7.53. The minimum atomic E-state index is 0.111. The van der Waals surface area contributed by atoms with Crippen molar-refractivity contribution in [2.75, 3.05) is 0 Å². The van der Waals surface area contributed by atoms with Gasteiger partial charge < -0.3 is 5.41 Å². The molecule has 1 aliphatic rings. The van der Waals surface area contributed by atoms with Crippen LogP contribution in [0.25, 0.3) is 0 Å². The molecule has 0 fully saturated rings. The standard InChI is InChI=1S/C9H12BrN/c1-9(2)5-7(10)3-4-8(11)6-9/h3-5,11H,6H2,1-2H3. The van der Waals surface area contributed by atoms with Crippen LogP contribution in [0.5, 0.6) is 0 Å². The molecule has 1 N–H and O–H groups in total. The Morgan fingerprint density at radius 1 is 1.45 bits per heavy atom. The molecule has 1 nitrogen and oxygen atoms in total. The molecule has 0 heterocycles. The number of hydrogen-bond donors (Lipinski definition) is 1. The average Bonchev–Trinajstić information content (AvgIpc) is 1.89. The molecule has 60 valence electrons. The molecular weight excluding hydrogens is 202 g/mol. The number of halogens is 1. The second kappa shape index (κ2) is 2.94. The third kappa shape index (κ3) is 2.62. The van der Waals surface area contributed by atoms with Crippen molar-refractivity contribution >= 4 is 21.6 Å². The second-order valence-electron chi connectivity index (χ2n) is 3.55. The Morgan fingerprint density at radius 3 is 2.73 bits per heavy atom. The molecule has 0 unspecified atom stereocenters. The zero-order valence-electron chi connectivity index (χ0n) is 6.82. The topological polar surface area (TPSA) is 23.9 Å². The van der Waals surface area contributed by atoms with E-state index in [4.69, 9.17) is 5.41 Å². The normalized spacial score (nSPS) is 22.8. The van der Waals surface area contributed by atoms with Crippen molar-refractivity contribution in [2.24, 2.45) is 5.41 Å². The van der Waals surface area contributed by atoms with Crippen LogP contribution in [0.1, 0.15) is 20.3 Å². The molecule has 0 spiro atoms. The Morgan fingerprint density at radius 2 is 2.09 bits per heavy atom. The monoisotopic (exact) mass is 213 g/mol. The fourth-order valence-electron chi connectivity index (χ4n) is 1.20. The summed E-state index contributed by atoms with van der Waals surface area (Å²) in [5.41, 5.74) is 0.806. The van der Waals surface area contributed by atoms with Gasteiger partial charge in [0.15, 0.2) is 0 Å². The zero-order valence-corrected chi connectivity index (χ0v) is 8.40. The van der Waals surface area contributed by atoms with Crippen molar-refractivity contribution in [2.45, 2.75) is 20.3 Å². The highest BCUT2D eigenvalue weighted by atomic mass is 79.9. The molecule has 0 saturated carbocycles. The van der Waals surface area contributed by atoms with Crippen molar-refractivity contribution < 1.29 is 0 Å². The molecule has 11 heavy (non-hydrogen) atoms. The number of hydrogen-bond acceptors (Lipinski definition) is 1. The van der Waals surface area contributed by atoms with Gasteiger partial charge in [0, 0.05) is 10.2 Å².